The molecule has 1 aromatic carbocycles. The molecule has 0 unspecified atom stereocenters. The van der Waals surface area contributed by atoms with Gasteiger partial charge in [-0.3, -0.25) is 4.98 Å². The number of carbonyl (C=O) groups is 1. The highest BCUT2D eigenvalue weighted by Gasteiger charge is 2.09. The van der Waals surface area contributed by atoms with Crippen LogP contribution in [0.15, 0.2) is 42.6 Å². The minimum Gasteiger partial charge on any atom is -0.496 e. The quantitative estimate of drug-likeness (QED) is 0.895. The highest BCUT2D eigenvalue weighted by Crippen LogP contribution is 2.22. The van der Waals surface area contributed by atoms with E-state index in [4.69, 9.17) is 9.84 Å². The summed E-state index contributed by atoms with van der Waals surface area (Å²) >= 11 is 0. The molecular formula is C14H13NO3. The maximum Gasteiger partial charge on any atom is 0.335 e. The molecule has 1 N–H and O–H groups in total. The number of hydrogen-bond acceptors (Lipinski definition) is 3. The van der Waals surface area contributed by atoms with Crippen LogP contribution in [0.1, 0.15) is 21.6 Å². The fourth-order valence-corrected chi connectivity index (χ4v) is 1.72. The van der Waals surface area contributed by atoms with Crippen molar-refractivity contribution in [2.45, 2.75) is 6.42 Å². The molecule has 92 valence electrons. The number of nitrogens with zero attached hydrogens (tertiary/aromatic N) is 1. The number of pyridine rings is 1. The maximum atomic E-state index is 10.9. The Labute approximate surface area is 105 Å². The van der Waals surface area contributed by atoms with E-state index >= 15 is 0 Å². The Morgan fingerprint density at radius 1 is 1.33 bits per heavy atom. The second-order valence-electron chi connectivity index (χ2n) is 3.83. The molecule has 18 heavy (non-hydrogen) atoms. The van der Waals surface area contributed by atoms with E-state index in [2.05, 4.69) is 4.98 Å². The van der Waals surface area contributed by atoms with Crippen molar-refractivity contribution < 1.29 is 14.6 Å². The maximum absolute atomic E-state index is 10.9. The lowest BCUT2D eigenvalue weighted by Crippen LogP contribution is -2.00. The fourth-order valence-electron chi connectivity index (χ4n) is 1.72. The smallest absolute Gasteiger partial charge is 0.335 e. The lowest BCUT2D eigenvalue weighted by atomic mass is 10.1. The minimum atomic E-state index is -0.960. The number of benzene rings is 1. The van der Waals surface area contributed by atoms with E-state index in [-0.39, 0.29) is 5.56 Å². The summed E-state index contributed by atoms with van der Waals surface area (Å²) in [6.45, 7) is 0. The van der Waals surface area contributed by atoms with Gasteiger partial charge in [-0.15, -0.1) is 0 Å². The zero-order chi connectivity index (χ0) is 13.0. The van der Waals surface area contributed by atoms with Crippen molar-refractivity contribution in [2.24, 2.45) is 0 Å². The van der Waals surface area contributed by atoms with Gasteiger partial charge in [-0.25, -0.2) is 4.79 Å². The fraction of sp³-hybridized carbons (Fsp3) is 0.143. The summed E-state index contributed by atoms with van der Waals surface area (Å²) in [5.74, 6) is -0.391. The van der Waals surface area contributed by atoms with E-state index < -0.39 is 5.97 Å². The molecule has 0 radical (unpaired) electrons. The first-order valence-corrected chi connectivity index (χ1v) is 5.51. The van der Waals surface area contributed by atoms with Gasteiger partial charge in [-0.1, -0.05) is 12.1 Å². The van der Waals surface area contributed by atoms with Crippen molar-refractivity contribution in [3.8, 4) is 5.75 Å². The second-order valence-corrected chi connectivity index (χ2v) is 3.83. The first kappa shape index (κ1) is 12.1. The number of carboxylic acids is 1. The molecule has 2 rings (SSSR count). The van der Waals surface area contributed by atoms with Gasteiger partial charge in [0.1, 0.15) is 5.75 Å². The molecule has 0 aliphatic carbocycles. The number of methoxy groups -OCH3 is 1. The average Bonchev–Trinajstić information content (AvgIpc) is 2.40. The third-order valence-electron chi connectivity index (χ3n) is 2.63. The SMILES string of the molecule is COc1cc(C(=O)O)ccc1Cc1ccccn1. The normalized spacial score (nSPS) is 10.1. The van der Waals surface area contributed by atoms with Gasteiger partial charge in [0.15, 0.2) is 0 Å². The Hall–Kier alpha value is -2.36. The van der Waals surface area contributed by atoms with E-state index in [0.717, 1.165) is 11.3 Å². The van der Waals surface area contributed by atoms with Crippen LogP contribution in [0.4, 0.5) is 0 Å². The van der Waals surface area contributed by atoms with Crippen LogP contribution < -0.4 is 4.74 Å². The van der Waals surface area contributed by atoms with E-state index in [0.29, 0.717) is 12.2 Å². The van der Waals surface area contributed by atoms with Crippen molar-refractivity contribution in [3.05, 3.63) is 59.4 Å². The van der Waals surface area contributed by atoms with Crippen LogP contribution in [0, 0.1) is 0 Å². The summed E-state index contributed by atoms with van der Waals surface area (Å²) in [5, 5.41) is 8.92. The van der Waals surface area contributed by atoms with Gasteiger partial charge in [0.25, 0.3) is 0 Å². The van der Waals surface area contributed by atoms with Gasteiger partial charge in [0.05, 0.1) is 12.7 Å². The molecule has 4 heteroatoms. The number of rotatable bonds is 4. The van der Waals surface area contributed by atoms with E-state index in [1.165, 1.54) is 13.2 Å². The highest BCUT2D eigenvalue weighted by molar-refractivity contribution is 5.88. The monoisotopic (exact) mass is 243 g/mol. The van der Waals surface area contributed by atoms with E-state index in [1.54, 1.807) is 18.3 Å². The van der Waals surface area contributed by atoms with E-state index in [9.17, 15) is 4.79 Å². The molecule has 0 saturated carbocycles. The predicted octanol–water partition coefficient (Wildman–Crippen LogP) is 2.38. The molecule has 0 aliphatic heterocycles. The molecule has 2 aromatic rings. The number of ether oxygens (including phenoxy) is 1. The number of hydrogen-bond donors (Lipinski definition) is 1. The van der Waals surface area contributed by atoms with Crippen LogP contribution in [-0.4, -0.2) is 23.2 Å². The molecule has 0 saturated heterocycles. The van der Waals surface area contributed by atoms with Crippen molar-refractivity contribution in [3.63, 3.8) is 0 Å². The standard InChI is InChI=1S/C14H13NO3/c1-18-13-9-11(14(16)17)6-5-10(13)8-12-4-2-3-7-15-12/h2-7,9H,8H2,1H3,(H,16,17). The molecule has 0 spiro atoms. The molecule has 1 aromatic heterocycles. The lowest BCUT2D eigenvalue weighted by molar-refractivity contribution is 0.0696. The molecule has 1 heterocycles. The van der Waals surface area contributed by atoms with Gasteiger partial charge in [0, 0.05) is 23.9 Å². The van der Waals surface area contributed by atoms with Gasteiger partial charge in [-0.05, 0) is 24.3 Å². The number of aromatic carboxylic acids is 1. The zero-order valence-corrected chi connectivity index (χ0v) is 9.96. The Bertz CT molecular complexity index is 552. The van der Waals surface area contributed by atoms with Crippen molar-refractivity contribution in [1.29, 1.82) is 0 Å². The Balaban J connectivity index is 2.31. The Kier molecular flexibility index (Phi) is 3.57. The van der Waals surface area contributed by atoms with Crippen LogP contribution >= 0.6 is 0 Å². The molecule has 0 fully saturated rings. The largest absolute Gasteiger partial charge is 0.496 e. The van der Waals surface area contributed by atoms with Crippen LogP contribution in [0.5, 0.6) is 5.75 Å². The average molecular weight is 243 g/mol. The number of aromatic nitrogens is 1. The predicted molar refractivity (Wildman–Crippen MR) is 67.0 cm³/mol. The zero-order valence-electron chi connectivity index (χ0n) is 9.96. The van der Waals surface area contributed by atoms with Crippen LogP contribution in [0.3, 0.4) is 0 Å². The minimum absolute atomic E-state index is 0.219. The third kappa shape index (κ3) is 2.66. The molecule has 4 nitrogen and oxygen atoms in total. The summed E-state index contributed by atoms with van der Waals surface area (Å²) in [6.07, 6.45) is 2.34. The van der Waals surface area contributed by atoms with Gasteiger partial charge in [0.2, 0.25) is 0 Å². The van der Waals surface area contributed by atoms with Gasteiger partial charge in [-0.2, -0.15) is 0 Å². The van der Waals surface area contributed by atoms with Crippen LogP contribution in [0.25, 0.3) is 0 Å². The first-order chi connectivity index (χ1) is 8.70. The Morgan fingerprint density at radius 3 is 2.78 bits per heavy atom. The molecule has 0 amide bonds. The molecule has 0 atom stereocenters. The van der Waals surface area contributed by atoms with Gasteiger partial charge >= 0.3 is 5.97 Å². The summed E-state index contributed by atoms with van der Waals surface area (Å²) in [7, 11) is 1.53. The van der Waals surface area contributed by atoms with Crippen LogP contribution in [-0.2, 0) is 6.42 Å². The van der Waals surface area contributed by atoms with Crippen molar-refractivity contribution >= 4 is 5.97 Å². The Morgan fingerprint density at radius 2 is 2.17 bits per heavy atom. The van der Waals surface area contributed by atoms with Crippen LogP contribution in [0.2, 0.25) is 0 Å². The summed E-state index contributed by atoms with van der Waals surface area (Å²) in [4.78, 5) is 15.1. The summed E-state index contributed by atoms with van der Waals surface area (Å²) < 4.78 is 5.22. The molecular weight excluding hydrogens is 230 g/mol. The second kappa shape index (κ2) is 5.31. The van der Waals surface area contributed by atoms with Crippen molar-refractivity contribution in [1.82, 2.24) is 4.98 Å². The number of carboxylic acid groups (broad SMARTS) is 1. The van der Waals surface area contributed by atoms with Crippen molar-refractivity contribution in [2.75, 3.05) is 7.11 Å². The summed E-state index contributed by atoms with van der Waals surface area (Å²) in [5.41, 5.74) is 2.05. The highest BCUT2D eigenvalue weighted by atomic mass is 16.5. The molecule has 0 bridgehead atoms. The summed E-state index contributed by atoms with van der Waals surface area (Å²) in [6, 6.07) is 10.6. The topological polar surface area (TPSA) is 59.4 Å². The third-order valence-corrected chi connectivity index (χ3v) is 2.63. The lowest BCUT2D eigenvalue weighted by Gasteiger charge is -2.09. The van der Waals surface area contributed by atoms with E-state index in [1.807, 2.05) is 18.2 Å². The molecule has 0 aliphatic rings. The first-order valence-electron chi connectivity index (χ1n) is 5.51. The van der Waals surface area contributed by atoms with Gasteiger partial charge < -0.3 is 9.84 Å².